The van der Waals surface area contributed by atoms with E-state index in [0.717, 1.165) is 6.92 Å². The quantitative estimate of drug-likeness (QED) is 0.229. The molecule has 0 atom stereocenters. The van der Waals surface area contributed by atoms with Crippen LogP contribution in [0.3, 0.4) is 0 Å². The molecule has 0 bridgehead atoms. The minimum Gasteiger partial charge on any atom is -0.505 e. The van der Waals surface area contributed by atoms with Crippen LogP contribution in [0.2, 0.25) is 0 Å². The third kappa shape index (κ3) is 6.66. The first-order chi connectivity index (χ1) is 9.81. The van der Waals surface area contributed by atoms with Crippen molar-refractivity contribution < 1.29 is 29.3 Å². The van der Waals surface area contributed by atoms with Crippen LogP contribution in [0.1, 0.15) is 19.5 Å². The van der Waals surface area contributed by atoms with Crippen molar-refractivity contribution in [2.45, 2.75) is 13.8 Å². The van der Waals surface area contributed by atoms with Crippen molar-refractivity contribution in [1.29, 1.82) is 0 Å². The van der Waals surface area contributed by atoms with E-state index in [1.165, 1.54) is 18.6 Å². The van der Waals surface area contributed by atoms with Gasteiger partial charge in [-0.05, 0) is 6.92 Å². The fourth-order valence-corrected chi connectivity index (χ4v) is 1.07. The standard InChI is InChI=1S/C10H11N3O4.C2H4O2/c1-2-17-10(16)7(9(11)15)8(14)6-5-12-3-4-13-6;1-2(3)4/h3-5,14H,2H2,1H3,(H2,11,15);1H3,(H,3,4)/b8-7-;. The summed E-state index contributed by atoms with van der Waals surface area (Å²) < 4.78 is 4.60. The summed E-state index contributed by atoms with van der Waals surface area (Å²) in [5.74, 6) is -3.57. The van der Waals surface area contributed by atoms with E-state index < -0.39 is 29.2 Å². The number of aliphatic hydroxyl groups is 1. The second-order valence-electron chi connectivity index (χ2n) is 3.42. The molecule has 1 heterocycles. The Kier molecular flexibility index (Phi) is 7.74. The summed E-state index contributed by atoms with van der Waals surface area (Å²) >= 11 is 0. The van der Waals surface area contributed by atoms with E-state index in [1.54, 1.807) is 6.92 Å². The number of primary amides is 1. The zero-order valence-electron chi connectivity index (χ0n) is 11.4. The molecule has 0 saturated carbocycles. The first-order valence-electron chi connectivity index (χ1n) is 5.67. The Balaban J connectivity index is 0.000000885. The average Bonchev–Trinajstić information content (AvgIpc) is 2.39. The fourth-order valence-electron chi connectivity index (χ4n) is 1.07. The Morgan fingerprint density at radius 1 is 1.29 bits per heavy atom. The number of ether oxygens (including phenoxy) is 1. The van der Waals surface area contributed by atoms with Crippen molar-refractivity contribution in [3.05, 3.63) is 29.9 Å². The van der Waals surface area contributed by atoms with Gasteiger partial charge in [0.2, 0.25) is 0 Å². The van der Waals surface area contributed by atoms with Crippen molar-refractivity contribution in [2.75, 3.05) is 6.61 Å². The molecule has 9 nitrogen and oxygen atoms in total. The maximum absolute atomic E-state index is 11.4. The molecule has 114 valence electrons. The molecule has 0 saturated heterocycles. The summed E-state index contributed by atoms with van der Waals surface area (Å²) in [7, 11) is 0. The highest BCUT2D eigenvalue weighted by molar-refractivity contribution is 6.20. The van der Waals surface area contributed by atoms with E-state index in [4.69, 9.17) is 15.6 Å². The van der Waals surface area contributed by atoms with Crippen LogP contribution in [0.4, 0.5) is 0 Å². The molecular formula is C12H15N3O6. The molecule has 1 amide bonds. The van der Waals surface area contributed by atoms with Gasteiger partial charge in [0, 0.05) is 19.3 Å². The second kappa shape index (κ2) is 9.02. The van der Waals surface area contributed by atoms with Crippen LogP contribution in [-0.2, 0) is 19.1 Å². The lowest BCUT2D eigenvalue weighted by molar-refractivity contribution is -0.140. The van der Waals surface area contributed by atoms with E-state index in [2.05, 4.69) is 14.7 Å². The highest BCUT2D eigenvalue weighted by Crippen LogP contribution is 2.13. The first-order valence-corrected chi connectivity index (χ1v) is 5.67. The number of hydrogen-bond donors (Lipinski definition) is 3. The maximum Gasteiger partial charge on any atom is 0.347 e. The number of nitrogens with zero attached hydrogens (tertiary/aromatic N) is 2. The molecule has 4 N–H and O–H groups in total. The highest BCUT2D eigenvalue weighted by Gasteiger charge is 2.24. The van der Waals surface area contributed by atoms with Crippen molar-refractivity contribution in [3.63, 3.8) is 0 Å². The molecule has 0 aliphatic carbocycles. The molecule has 0 radical (unpaired) electrons. The number of hydrogen-bond acceptors (Lipinski definition) is 7. The third-order valence-corrected chi connectivity index (χ3v) is 1.77. The molecule has 0 spiro atoms. The molecule has 1 aromatic rings. The zero-order chi connectivity index (χ0) is 16.4. The number of nitrogens with two attached hydrogens (primary N) is 1. The summed E-state index contributed by atoms with van der Waals surface area (Å²) in [6.07, 6.45) is 3.87. The number of carboxylic acids is 1. The summed E-state index contributed by atoms with van der Waals surface area (Å²) in [6, 6.07) is 0. The highest BCUT2D eigenvalue weighted by atomic mass is 16.5. The molecule has 0 aromatic carbocycles. The molecular weight excluding hydrogens is 282 g/mol. The Morgan fingerprint density at radius 2 is 1.86 bits per heavy atom. The van der Waals surface area contributed by atoms with Crippen molar-refractivity contribution in [3.8, 4) is 0 Å². The van der Waals surface area contributed by atoms with Crippen LogP contribution in [0.5, 0.6) is 0 Å². The van der Waals surface area contributed by atoms with Crippen LogP contribution in [0, 0.1) is 0 Å². The minimum atomic E-state index is -1.09. The molecule has 0 unspecified atom stereocenters. The lowest BCUT2D eigenvalue weighted by Gasteiger charge is -2.06. The van der Waals surface area contributed by atoms with E-state index in [-0.39, 0.29) is 12.3 Å². The number of rotatable bonds is 4. The Labute approximate surface area is 120 Å². The summed E-state index contributed by atoms with van der Waals surface area (Å²) in [4.78, 5) is 38.9. The second-order valence-corrected chi connectivity index (χ2v) is 3.42. The monoisotopic (exact) mass is 297 g/mol. The molecule has 0 aliphatic rings. The third-order valence-electron chi connectivity index (χ3n) is 1.77. The van der Waals surface area contributed by atoms with Gasteiger partial charge in [0.15, 0.2) is 11.3 Å². The fraction of sp³-hybridized carbons (Fsp3) is 0.250. The number of aromatic nitrogens is 2. The zero-order valence-corrected chi connectivity index (χ0v) is 11.4. The van der Waals surface area contributed by atoms with E-state index in [1.807, 2.05) is 0 Å². The average molecular weight is 297 g/mol. The predicted octanol–water partition coefficient (Wildman–Crippen LogP) is -0.115. The van der Waals surface area contributed by atoms with Gasteiger partial charge < -0.3 is 20.7 Å². The first kappa shape index (κ1) is 18.0. The van der Waals surface area contributed by atoms with Gasteiger partial charge in [-0.25, -0.2) is 9.78 Å². The van der Waals surface area contributed by atoms with Crippen molar-refractivity contribution >= 4 is 23.6 Å². The normalized spacial score (nSPS) is 10.6. The Hall–Kier alpha value is -2.97. The number of aliphatic carboxylic acids is 1. The van der Waals surface area contributed by atoms with Gasteiger partial charge in [-0.15, -0.1) is 0 Å². The van der Waals surface area contributed by atoms with Crippen LogP contribution in [0.15, 0.2) is 24.2 Å². The van der Waals surface area contributed by atoms with Gasteiger partial charge >= 0.3 is 5.97 Å². The maximum atomic E-state index is 11.4. The topological polar surface area (TPSA) is 153 Å². The van der Waals surface area contributed by atoms with Crippen LogP contribution < -0.4 is 5.73 Å². The van der Waals surface area contributed by atoms with E-state index in [0.29, 0.717) is 0 Å². The predicted molar refractivity (Wildman–Crippen MR) is 70.7 cm³/mol. The van der Waals surface area contributed by atoms with Crippen LogP contribution >= 0.6 is 0 Å². The number of carbonyl (C=O) groups excluding carboxylic acids is 2. The summed E-state index contributed by atoms with van der Waals surface area (Å²) in [5.41, 5.74) is 4.32. The van der Waals surface area contributed by atoms with Gasteiger partial charge in [0.1, 0.15) is 5.69 Å². The summed E-state index contributed by atoms with van der Waals surface area (Å²) in [5, 5.41) is 17.1. The smallest absolute Gasteiger partial charge is 0.347 e. The molecule has 0 aliphatic heterocycles. The SMILES string of the molecule is CC(=O)O.CCOC(=O)/C(C(N)=O)=C(\O)c1cnccn1. The van der Waals surface area contributed by atoms with Gasteiger partial charge in [-0.1, -0.05) is 0 Å². The number of carboxylic acid groups (broad SMARTS) is 1. The largest absolute Gasteiger partial charge is 0.505 e. The van der Waals surface area contributed by atoms with Gasteiger partial charge in [0.05, 0.1) is 12.8 Å². The number of esters is 1. The van der Waals surface area contributed by atoms with Gasteiger partial charge in [0.25, 0.3) is 11.9 Å². The molecule has 21 heavy (non-hydrogen) atoms. The molecule has 1 rings (SSSR count). The van der Waals surface area contributed by atoms with Crippen molar-refractivity contribution in [1.82, 2.24) is 9.97 Å². The van der Waals surface area contributed by atoms with Crippen LogP contribution in [0.25, 0.3) is 5.76 Å². The molecule has 9 heteroatoms. The number of aliphatic hydroxyl groups excluding tert-OH is 1. The van der Waals surface area contributed by atoms with Crippen molar-refractivity contribution in [2.24, 2.45) is 5.73 Å². The molecule has 0 fully saturated rings. The minimum absolute atomic E-state index is 0.0330. The lowest BCUT2D eigenvalue weighted by Crippen LogP contribution is -2.24. The Morgan fingerprint density at radius 3 is 2.24 bits per heavy atom. The van der Waals surface area contributed by atoms with Gasteiger partial charge in [-0.2, -0.15) is 0 Å². The van der Waals surface area contributed by atoms with Gasteiger partial charge in [-0.3, -0.25) is 14.6 Å². The lowest BCUT2D eigenvalue weighted by atomic mass is 10.2. The number of amides is 1. The molecule has 1 aromatic heterocycles. The van der Waals surface area contributed by atoms with E-state index in [9.17, 15) is 14.7 Å². The summed E-state index contributed by atoms with van der Waals surface area (Å²) in [6.45, 7) is 2.71. The van der Waals surface area contributed by atoms with E-state index >= 15 is 0 Å². The Bertz CT molecular complexity index is 537. The van der Waals surface area contributed by atoms with Crippen LogP contribution in [-0.4, -0.2) is 44.6 Å². The number of carbonyl (C=O) groups is 3.